The maximum atomic E-state index is 13.3. The van der Waals surface area contributed by atoms with Gasteiger partial charge in [0.05, 0.1) is 22.9 Å². The van der Waals surface area contributed by atoms with Gasteiger partial charge in [-0.15, -0.1) is 11.3 Å². The van der Waals surface area contributed by atoms with Crippen LogP contribution in [0.5, 0.6) is 5.88 Å². The van der Waals surface area contributed by atoms with E-state index in [2.05, 4.69) is 9.97 Å². The number of nitrogens with zero attached hydrogens (tertiary/aromatic N) is 4. The summed E-state index contributed by atoms with van der Waals surface area (Å²) in [6, 6.07) is 5.27. The monoisotopic (exact) mass is 480 g/mol. The summed E-state index contributed by atoms with van der Waals surface area (Å²) < 4.78 is 49.7. The van der Waals surface area contributed by atoms with Gasteiger partial charge >= 0.3 is 6.18 Å². The van der Waals surface area contributed by atoms with Gasteiger partial charge in [-0.25, -0.2) is 4.98 Å². The van der Waals surface area contributed by atoms with Gasteiger partial charge in [-0.05, 0) is 30.7 Å². The van der Waals surface area contributed by atoms with E-state index in [9.17, 15) is 18.0 Å². The summed E-state index contributed by atoms with van der Waals surface area (Å²) in [5.41, 5.74) is 0.573. The summed E-state index contributed by atoms with van der Waals surface area (Å²) in [7, 11) is 3.07. The Bertz CT molecular complexity index is 1170. The van der Waals surface area contributed by atoms with E-state index < -0.39 is 11.7 Å². The first-order chi connectivity index (χ1) is 15.7. The predicted octanol–water partition coefficient (Wildman–Crippen LogP) is 4.14. The molecule has 7 nitrogen and oxygen atoms in total. The molecule has 0 aliphatic carbocycles. The van der Waals surface area contributed by atoms with Crippen molar-refractivity contribution in [3.63, 3.8) is 0 Å². The van der Waals surface area contributed by atoms with Crippen LogP contribution in [0.1, 0.15) is 26.6 Å². The number of amides is 1. The van der Waals surface area contributed by atoms with Crippen LogP contribution in [0, 0.1) is 6.92 Å². The summed E-state index contributed by atoms with van der Waals surface area (Å²) in [6.45, 7) is 3.76. The molecule has 1 amide bonds. The molecule has 0 spiro atoms. The third kappa shape index (κ3) is 4.60. The lowest BCUT2D eigenvalue weighted by Crippen LogP contribution is -2.48. The summed E-state index contributed by atoms with van der Waals surface area (Å²) in [6.07, 6.45) is -4.39. The number of fused-ring (bicyclic) bond motifs is 1. The Hall–Kier alpha value is -2.92. The number of hydrogen-bond donors (Lipinski definition) is 0. The lowest BCUT2D eigenvalue weighted by molar-refractivity contribution is -0.137. The Morgan fingerprint density at radius 3 is 2.52 bits per heavy atom. The van der Waals surface area contributed by atoms with Crippen molar-refractivity contribution < 1.29 is 27.4 Å². The number of aryl methyl sites for hydroxylation is 1. The number of carbonyl (C=O) groups excluding carboxylic acids is 1. The zero-order chi connectivity index (χ0) is 23.8. The molecule has 0 atom stereocenters. The SMILES string of the molecule is COCc1nc(OC)c2c(C)c(C(=O)N3CCN(c4cccc(C(F)(F)F)c4)CC3)sc2n1. The van der Waals surface area contributed by atoms with Gasteiger partial charge in [0.15, 0.2) is 5.82 Å². The molecule has 3 aromatic rings. The van der Waals surface area contributed by atoms with Gasteiger partial charge in [0.25, 0.3) is 5.91 Å². The third-order valence-corrected chi connectivity index (χ3v) is 6.74. The van der Waals surface area contributed by atoms with Crippen LogP contribution in [0.4, 0.5) is 18.9 Å². The molecule has 1 fully saturated rings. The molecule has 4 rings (SSSR count). The van der Waals surface area contributed by atoms with Crippen molar-refractivity contribution in [2.24, 2.45) is 0 Å². The number of methoxy groups -OCH3 is 2. The van der Waals surface area contributed by atoms with Gasteiger partial charge in [-0.1, -0.05) is 6.07 Å². The van der Waals surface area contributed by atoms with Crippen LogP contribution in [-0.4, -0.2) is 61.2 Å². The van der Waals surface area contributed by atoms with Crippen molar-refractivity contribution in [3.05, 3.63) is 46.1 Å². The van der Waals surface area contributed by atoms with Crippen LogP contribution >= 0.6 is 11.3 Å². The topological polar surface area (TPSA) is 67.8 Å². The van der Waals surface area contributed by atoms with E-state index >= 15 is 0 Å². The molecule has 11 heteroatoms. The van der Waals surface area contributed by atoms with E-state index in [0.29, 0.717) is 58.7 Å². The van der Waals surface area contributed by atoms with Crippen LogP contribution in [-0.2, 0) is 17.5 Å². The molecule has 3 heterocycles. The number of benzene rings is 1. The molecule has 1 aromatic carbocycles. The van der Waals surface area contributed by atoms with Crippen LogP contribution in [0.2, 0.25) is 0 Å². The molecule has 33 heavy (non-hydrogen) atoms. The first-order valence-corrected chi connectivity index (χ1v) is 11.1. The third-order valence-electron chi connectivity index (χ3n) is 5.57. The number of piperazine rings is 1. The number of hydrogen-bond acceptors (Lipinski definition) is 7. The first kappa shape index (κ1) is 23.2. The van der Waals surface area contributed by atoms with Gasteiger partial charge in [0, 0.05) is 39.0 Å². The molecule has 0 saturated carbocycles. The predicted molar refractivity (Wildman–Crippen MR) is 119 cm³/mol. The molecule has 1 aliphatic heterocycles. The smallest absolute Gasteiger partial charge is 0.416 e. The second-order valence-corrected chi connectivity index (χ2v) is 8.64. The van der Waals surface area contributed by atoms with Crippen LogP contribution < -0.4 is 9.64 Å². The van der Waals surface area contributed by atoms with Gasteiger partial charge in [0.1, 0.15) is 11.4 Å². The van der Waals surface area contributed by atoms with Gasteiger partial charge in [0.2, 0.25) is 5.88 Å². The number of thiophene rings is 1. The second-order valence-electron chi connectivity index (χ2n) is 7.65. The minimum absolute atomic E-state index is 0.130. The summed E-state index contributed by atoms with van der Waals surface area (Å²) in [5, 5.41) is 0.702. The van der Waals surface area contributed by atoms with Crippen molar-refractivity contribution >= 4 is 33.1 Å². The maximum absolute atomic E-state index is 13.3. The van der Waals surface area contributed by atoms with E-state index in [-0.39, 0.29) is 12.5 Å². The zero-order valence-corrected chi connectivity index (χ0v) is 19.2. The minimum Gasteiger partial charge on any atom is -0.480 e. The molecule has 2 aromatic heterocycles. The Kier molecular flexibility index (Phi) is 6.44. The number of carbonyl (C=O) groups is 1. The number of ether oxygens (including phenoxy) is 2. The fourth-order valence-corrected chi connectivity index (χ4v) is 5.04. The lowest BCUT2D eigenvalue weighted by atomic mass is 10.1. The second kappa shape index (κ2) is 9.14. The Morgan fingerprint density at radius 1 is 1.15 bits per heavy atom. The van der Waals surface area contributed by atoms with Crippen molar-refractivity contribution in [3.8, 4) is 5.88 Å². The molecular formula is C22H23F3N4O3S. The molecule has 0 N–H and O–H groups in total. The van der Waals surface area contributed by atoms with E-state index in [4.69, 9.17) is 9.47 Å². The van der Waals surface area contributed by atoms with Crippen molar-refractivity contribution in [1.29, 1.82) is 0 Å². The maximum Gasteiger partial charge on any atom is 0.416 e. The normalized spacial score (nSPS) is 14.7. The number of alkyl halides is 3. The molecule has 176 valence electrons. The molecule has 1 saturated heterocycles. The van der Waals surface area contributed by atoms with Crippen LogP contribution in [0.25, 0.3) is 10.2 Å². The van der Waals surface area contributed by atoms with E-state index in [0.717, 1.165) is 17.7 Å². The first-order valence-electron chi connectivity index (χ1n) is 10.3. The number of halogens is 3. The Labute approximate surface area is 192 Å². The quantitative estimate of drug-likeness (QED) is 0.547. The number of rotatable bonds is 5. The number of aromatic nitrogens is 2. The van der Waals surface area contributed by atoms with Crippen molar-refractivity contribution in [2.45, 2.75) is 19.7 Å². The fraction of sp³-hybridized carbons (Fsp3) is 0.409. The molecule has 0 radical (unpaired) electrons. The average molecular weight is 481 g/mol. The summed E-state index contributed by atoms with van der Waals surface area (Å²) in [5.74, 6) is 0.737. The fourth-order valence-electron chi connectivity index (χ4n) is 3.88. The Balaban J connectivity index is 1.53. The standard InChI is InChI=1S/C22H23F3N4O3S/c1-13-17-19(32-3)26-16(12-31-2)27-20(17)33-18(13)21(30)29-9-7-28(8-10-29)15-6-4-5-14(11-15)22(23,24)25/h4-6,11H,7-10,12H2,1-3H3. The van der Waals surface area contributed by atoms with Gasteiger partial charge < -0.3 is 19.3 Å². The molecule has 0 bridgehead atoms. The highest BCUT2D eigenvalue weighted by Gasteiger charge is 2.32. The van der Waals surface area contributed by atoms with E-state index in [1.165, 1.54) is 24.5 Å². The van der Waals surface area contributed by atoms with Crippen LogP contribution in [0.15, 0.2) is 24.3 Å². The van der Waals surface area contributed by atoms with Gasteiger partial charge in [-0.3, -0.25) is 4.79 Å². The van der Waals surface area contributed by atoms with E-state index in [1.54, 1.807) is 18.1 Å². The Morgan fingerprint density at radius 2 is 1.88 bits per heavy atom. The summed E-state index contributed by atoms with van der Waals surface area (Å²) >= 11 is 1.28. The van der Waals surface area contributed by atoms with Gasteiger partial charge in [-0.2, -0.15) is 18.2 Å². The van der Waals surface area contributed by atoms with Crippen LogP contribution in [0.3, 0.4) is 0 Å². The summed E-state index contributed by atoms with van der Waals surface area (Å²) in [4.78, 5) is 26.9. The van der Waals surface area contributed by atoms with Crippen molar-refractivity contribution in [1.82, 2.24) is 14.9 Å². The van der Waals surface area contributed by atoms with E-state index in [1.807, 2.05) is 11.8 Å². The molecular weight excluding hydrogens is 457 g/mol. The highest BCUT2D eigenvalue weighted by atomic mass is 32.1. The minimum atomic E-state index is -4.39. The highest BCUT2D eigenvalue weighted by molar-refractivity contribution is 7.20. The average Bonchev–Trinajstić information content (AvgIpc) is 3.14. The molecule has 1 aliphatic rings. The molecule has 0 unspecified atom stereocenters. The highest BCUT2D eigenvalue weighted by Crippen LogP contribution is 2.36. The van der Waals surface area contributed by atoms with Crippen molar-refractivity contribution in [2.75, 3.05) is 45.3 Å². The number of anilines is 1. The zero-order valence-electron chi connectivity index (χ0n) is 18.4. The lowest BCUT2D eigenvalue weighted by Gasteiger charge is -2.36. The largest absolute Gasteiger partial charge is 0.480 e.